The molecular weight excluding hydrogens is 250 g/mol. The number of carbonyl (C=O) groups excluding carboxylic acids is 1. The van der Waals surface area contributed by atoms with Crippen molar-refractivity contribution < 1.29 is 4.79 Å². The fourth-order valence-corrected chi connectivity index (χ4v) is 2.14. The lowest BCUT2D eigenvalue weighted by atomic mass is 10.0. The molecule has 0 fully saturated rings. The molecule has 1 aromatic carbocycles. The minimum atomic E-state index is -0.0545. The van der Waals surface area contributed by atoms with Crippen LogP contribution in [0.1, 0.15) is 29.8 Å². The summed E-state index contributed by atoms with van der Waals surface area (Å²) in [5.74, 6) is 0.738. The molecule has 0 saturated heterocycles. The van der Waals surface area contributed by atoms with Crippen LogP contribution in [-0.2, 0) is 0 Å². The highest BCUT2D eigenvalue weighted by atomic mass is 16.1. The maximum atomic E-state index is 12.4. The summed E-state index contributed by atoms with van der Waals surface area (Å²) in [5.41, 5.74) is 2.63. The Bertz CT molecular complexity index is 647. The summed E-state index contributed by atoms with van der Waals surface area (Å²) in [5, 5.41) is 3.85. The normalized spacial score (nSPS) is 10.9. The zero-order valence-electron chi connectivity index (χ0n) is 12.7. The molecule has 0 bridgehead atoms. The van der Waals surface area contributed by atoms with Gasteiger partial charge in [-0.2, -0.15) is 0 Å². The minimum Gasteiger partial charge on any atom is -0.363 e. The Labute approximate surface area is 119 Å². The number of para-hydroxylation sites is 1. The Hall–Kier alpha value is -2.10. The minimum absolute atomic E-state index is 0.0545. The predicted molar refractivity (Wildman–Crippen MR) is 83.4 cm³/mol. The molecule has 2 rings (SSSR count). The first-order valence-corrected chi connectivity index (χ1v) is 6.78. The summed E-state index contributed by atoms with van der Waals surface area (Å²) in [7, 11) is 3.85. The number of carbonyl (C=O) groups is 1. The van der Waals surface area contributed by atoms with E-state index in [4.69, 9.17) is 0 Å². The molecule has 20 heavy (non-hydrogen) atoms. The number of benzene rings is 1. The average molecular weight is 271 g/mol. The van der Waals surface area contributed by atoms with Gasteiger partial charge in [0.05, 0.1) is 11.1 Å². The zero-order chi connectivity index (χ0) is 14.9. The van der Waals surface area contributed by atoms with Crippen LogP contribution in [0.5, 0.6) is 0 Å². The van der Waals surface area contributed by atoms with Gasteiger partial charge in [0.1, 0.15) is 5.82 Å². The molecule has 0 spiro atoms. The van der Waals surface area contributed by atoms with Crippen molar-refractivity contribution in [2.75, 3.05) is 19.0 Å². The molecule has 0 atom stereocenters. The summed E-state index contributed by atoms with van der Waals surface area (Å²) in [6, 6.07) is 7.88. The van der Waals surface area contributed by atoms with Crippen molar-refractivity contribution in [3.8, 4) is 0 Å². The van der Waals surface area contributed by atoms with Gasteiger partial charge in [-0.1, -0.05) is 18.2 Å². The van der Waals surface area contributed by atoms with Crippen molar-refractivity contribution in [3.63, 3.8) is 0 Å². The molecular formula is C16H21N3O. The van der Waals surface area contributed by atoms with Crippen molar-refractivity contribution in [1.29, 1.82) is 0 Å². The fourth-order valence-electron chi connectivity index (χ4n) is 2.14. The number of anilines is 1. The fraction of sp³-hybridized carbons (Fsp3) is 0.375. The number of aryl methyl sites for hydroxylation is 1. The zero-order valence-corrected chi connectivity index (χ0v) is 12.7. The molecule has 0 radical (unpaired) electrons. The van der Waals surface area contributed by atoms with Gasteiger partial charge < -0.3 is 10.2 Å². The summed E-state index contributed by atoms with van der Waals surface area (Å²) >= 11 is 0. The van der Waals surface area contributed by atoms with Gasteiger partial charge in [-0.05, 0) is 32.4 Å². The number of nitrogens with one attached hydrogen (secondary N) is 1. The number of hydrogen-bond donors (Lipinski definition) is 1. The molecule has 2 aromatic rings. The number of nitrogens with zero attached hydrogens (tertiary/aromatic N) is 2. The van der Waals surface area contributed by atoms with Crippen LogP contribution in [0.3, 0.4) is 0 Å². The second-order valence-electron chi connectivity index (χ2n) is 5.52. The Morgan fingerprint density at radius 3 is 2.60 bits per heavy atom. The largest absolute Gasteiger partial charge is 0.363 e. The van der Waals surface area contributed by atoms with Gasteiger partial charge in [0.2, 0.25) is 0 Å². The molecule has 0 aliphatic heterocycles. The van der Waals surface area contributed by atoms with Crippen LogP contribution in [0.2, 0.25) is 0 Å². The number of hydrogen-bond acceptors (Lipinski definition) is 3. The van der Waals surface area contributed by atoms with E-state index in [0.29, 0.717) is 5.56 Å². The molecule has 4 nitrogen and oxygen atoms in total. The van der Waals surface area contributed by atoms with Crippen LogP contribution in [0.15, 0.2) is 24.3 Å². The highest BCUT2D eigenvalue weighted by Gasteiger charge is 2.15. The van der Waals surface area contributed by atoms with Crippen LogP contribution in [0, 0.1) is 6.92 Å². The van der Waals surface area contributed by atoms with E-state index in [2.05, 4.69) is 10.3 Å². The van der Waals surface area contributed by atoms with Gasteiger partial charge in [0, 0.05) is 25.5 Å². The second kappa shape index (κ2) is 5.49. The van der Waals surface area contributed by atoms with Crippen molar-refractivity contribution >= 4 is 22.6 Å². The van der Waals surface area contributed by atoms with Crippen molar-refractivity contribution in [2.24, 2.45) is 0 Å². The van der Waals surface area contributed by atoms with Gasteiger partial charge in [0.15, 0.2) is 0 Å². The molecule has 106 valence electrons. The SMILES string of the molecule is Cc1cccc2c(C(=O)NC(C)C)cc(N(C)C)nc12. The first-order chi connectivity index (χ1) is 9.40. The first-order valence-electron chi connectivity index (χ1n) is 6.78. The molecule has 0 saturated carbocycles. The number of amides is 1. The third kappa shape index (κ3) is 2.74. The summed E-state index contributed by atoms with van der Waals surface area (Å²) in [6.45, 7) is 5.93. The molecule has 4 heteroatoms. The Morgan fingerprint density at radius 1 is 1.30 bits per heavy atom. The lowest BCUT2D eigenvalue weighted by Crippen LogP contribution is -2.30. The van der Waals surface area contributed by atoms with Crippen LogP contribution >= 0.6 is 0 Å². The quantitative estimate of drug-likeness (QED) is 0.933. The molecule has 0 aliphatic rings. The van der Waals surface area contributed by atoms with Gasteiger partial charge in [0.25, 0.3) is 5.91 Å². The smallest absolute Gasteiger partial charge is 0.252 e. The molecule has 0 aliphatic carbocycles. The Balaban J connectivity index is 2.67. The van der Waals surface area contributed by atoms with Crippen LogP contribution in [-0.4, -0.2) is 31.0 Å². The van der Waals surface area contributed by atoms with E-state index in [1.54, 1.807) is 0 Å². The van der Waals surface area contributed by atoms with E-state index in [1.807, 2.05) is 64.0 Å². The lowest BCUT2D eigenvalue weighted by molar-refractivity contribution is 0.0945. The van der Waals surface area contributed by atoms with Crippen LogP contribution in [0.25, 0.3) is 10.9 Å². The van der Waals surface area contributed by atoms with Gasteiger partial charge >= 0.3 is 0 Å². The van der Waals surface area contributed by atoms with Crippen LogP contribution in [0.4, 0.5) is 5.82 Å². The van der Waals surface area contributed by atoms with Crippen molar-refractivity contribution in [1.82, 2.24) is 10.3 Å². The molecule has 1 amide bonds. The van der Waals surface area contributed by atoms with E-state index in [1.165, 1.54) is 0 Å². The maximum Gasteiger partial charge on any atom is 0.252 e. The predicted octanol–water partition coefficient (Wildman–Crippen LogP) is 2.75. The van der Waals surface area contributed by atoms with E-state index in [-0.39, 0.29) is 11.9 Å². The summed E-state index contributed by atoms with van der Waals surface area (Å²) in [4.78, 5) is 19.0. The topological polar surface area (TPSA) is 45.2 Å². The Morgan fingerprint density at radius 2 is 2.00 bits per heavy atom. The molecule has 1 aromatic heterocycles. The Kier molecular flexibility index (Phi) is 3.93. The molecule has 0 unspecified atom stereocenters. The number of aromatic nitrogens is 1. The number of pyridine rings is 1. The van der Waals surface area contributed by atoms with Gasteiger partial charge in [-0.15, -0.1) is 0 Å². The van der Waals surface area contributed by atoms with Gasteiger partial charge in [-0.25, -0.2) is 4.98 Å². The third-order valence-electron chi connectivity index (χ3n) is 3.15. The molecule has 1 heterocycles. The van der Waals surface area contributed by atoms with E-state index in [0.717, 1.165) is 22.3 Å². The monoisotopic (exact) mass is 271 g/mol. The van der Waals surface area contributed by atoms with Crippen molar-refractivity contribution in [3.05, 3.63) is 35.4 Å². The van der Waals surface area contributed by atoms with E-state index < -0.39 is 0 Å². The van der Waals surface area contributed by atoms with E-state index in [9.17, 15) is 4.79 Å². The average Bonchev–Trinajstić information content (AvgIpc) is 2.37. The van der Waals surface area contributed by atoms with E-state index >= 15 is 0 Å². The summed E-state index contributed by atoms with van der Waals surface area (Å²) < 4.78 is 0. The molecule has 1 N–H and O–H groups in total. The highest BCUT2D eigenvalue weighted by molar-refractivity contribution is 6.07. The maximum absolute atomic E-state index is 12.4. The first kappa shape index (κ1) is 14.3. The van der Waals surface area contributed by atoms with Crippen LogP contribution < -0.4 is 10.2 Å². The highest BCUT2D eigenvalue weighted by Crippen LogP contribution is 2.24. The lowest BCUT2D eigenvalue weighted by Gasteiger charge is -2.16. The number of fused-ring (bicyclic) bond motifs is 1. The van der Waals surface area contributed by atoms with Gasteiger partial charge in [-0.3, -0.25) is 4.79 Å². The third-order valence-corrected chi connectivity index (χ3v) is 3.15. The second-order valence-corrected chi connectivity index (χ2v) is 5.52. The standard InChI is InChI=1S/C16H21N3O/c1-10(2)17-16(20)13-9-14(19(4)5)18-15-11(3)7-6-8-12(13)15/h6-10H,1-5H3,(H,17,20). The summed E-state index contributed by atoms with van der Waals surface area (Å²) in [6.07, 6.45) is 0. The van der Waals surface area contributed by atoms with Crippen molar-refractivity contribution in [2.45, 2.75) is 26.8 Å². The number of rotatable bonds is 3.